The fraction of sp³-hybridized carbons (Fsp3) is 0.381. The Morgan fingerprint density at radius 2 is 1.65 bits per heavy atom. The summed E-state index contributed by atoms with van der Waals surface area (Å²) in [6, 6.07) is 15.8. The molecule has 0 aliphatic carbocycles. The molecule has 2 aromatic carbocycles. The number of carbonyl (C=O) groups is 1. The van der Waals surface area contributed by atoms with Crippen LogP contribution in [0, 0.1) is 0 Å². The molecule has 26 heavy (non-hydrogen) atoms. The van der Waals surface area contributed by atoms with Gasteiger partial charge in [0.2, 0.25) is 0 Å². The van der Waals surface area contributed by atoms with Crippen LogP contribution in [0.4, 0.5) is 16.2 Å². The second-order valence-corrected chi connectivity index (χ2v) is 7.74. The van der Waals surface area contributed by atoms with Crippen LogP contribution in [0.1, 0.15) is 30.9 Å². The Labute approximate surface area is 159 Å². The Balaban J connectivity index is 1.53. The summed E-state index contributed by atoms with van der Waals surface area (Å²) in [5.41, 5.74) is 4.06. The van der Waals surface area contributed by atoms with E-state index in [-0.39, 0.29) is 6.03 Å². The molecule has 0 bridgehead atoms. The van der Waals surface area contributed by atoms with Gasteiger partial charge in [-0.1, -0.05) is 31.2 Å². The first-order chi connectivity index (χ1) is 12.7. The highest BCUT2D eigenvalue weighted by Gasteiger charge is 2.14. The van der Waals surface area contributed by atoms with E-state index in [0.717, 1.165) is 49.6 Å². The number of benzene rings is 2. The fourth-order valence-electron chi connectivity index (χ4n) is 2.96. The first-order valence-electron chi connectivity index (χ1n) is 9.18. The molecule has 0 saturated carbocycles. The van der Waals surface area contributed by atoms with Crippen molar-refractivity contribution in [1.29, 1.82) is 0 Å². The van der Waals surface area contributed by atoms with E-state index in [2.05, 4.69) is 29.7 Å². The largest absolute Gasteiger partial charge is 0.381 e. The Morgan fingerprint density at radius 3 is 2.31 bits per heavy atom. The summed E-state index contributed by atoms with van der Waals surface area (Å²) in [6.45, 7) is 3.85. The van der Waals surface area contributed by atoms with E-state index in [1.807, 2.05) is 48.2 Å². The second kappa shape index (κ2) is 9.64. The van der Waals surface area contributed by atoms with Crippen LogP contribution < -0.4 is 10.6 Å². The normalized spacial score (nSPS) is 14.8. The molecule has 0 spiro atoms. The van der Waals surface area contributed by atoms with Crippen LogP contribution in [-0.4, -0.2) is 24.5 Å². The minimum absolute atomic E-state index is 0.215. The van der Waals surface area contributed by atoms with Crippen molar-refractivity contribution in [3.8, 4) is 0 Å². The number of rotatable bonds is 6. The average molecular weight is 371 g/mol. The Bertz CT molecular complexity index is 729. The van der Waals surface area contributed by atoms with Crippen molar-refractivity contribution in [1.82, 2.24) is 0 Å². The van der Waals surface area contributed by atoms with Gasteiger partial charge in [-0.2, -0.15) is 11.8 Å². The van der Waals surface area contributed by atoms with Crippen molar-refractivity contribution in [2.75, 3.05) is 23.8 Å². The lowest BCUT2D eigenvalue weighted by molar-refractivity contribution is 0.1000. The second-order valence-electron chi connectivity index (χ2n) is 6.46. The Kier molecular flexibility index (Phi) is 6.97. The molecule has 0 atom stereocenters. The highest BCUT2D eigenvalue weighted by molar-refractivity contribution is 7.99. The molecule has 3 rings (SSSR count). The third-order valence-corrected chi connectivity index (χ3v) is 5.87. The predicted octanol–water partition coefficient (Wildman–Crippen LogP) is 5.31. The molecule has 2 N–H and O–H groups in total. The van der Waals surface area contributed by atoms with Gasteiger partial charge in [-0.25, -0.2) is 4.79 Å². The van der Waals surface area contributed by atoms with Crippen molar-refractivity contribution < 1.29 is 9.53 Å². The zero-order valence-electron chi connectivity index (χ0n) is 15.2. The lowest BCUT2D eigenvalue weighted by Gasteiger charge is -2.21. The quantitative estimate of drug-likeness (QED) is 0.725. The molecule has 1 fully saturated rings. The van der Waals surface area contributed by atoms with Gasteiger partial charge in [0.1, 0.15) is 0 Å². The molecular weight excluding hydrogens is 344 g/mol. The minimum Gasteiger partial charge on any atom is -0.381 e. The third-order valence-electron chi connectivity index (χ3n) is 4.43. The Morgan fingerprint density at radius 1 is 1.04 bits per heavy atom. The van der Waals surface area contributed by atoms with Gasteiger partial charge in [-0.05, 0) is 54.7 Å². The summed E-state index contributed by atoms with van der Waals surface area (Å²) >= 11 is 1.98. The number of hydrogen-bond donors (Lipinski definition) is 2. The first-order valence-corrected chi connectivity index (χ1v) is 10.2. The molecule has 1 aliphatic rings. The molecule has 1 aliphatic heterocycles. The summed E-state index contributed by atoms with van der Waals surface area (Å²) in [7, 11) is 0. The highest BCUT2D eigenvalue weighted by atomic mass is 32.2. The maximum atomic E-state index is 12.3. The van der Waals surface area contributed by atoms with Gasteiger partial charge < -0.3 is 15.4 Å². The number of ether oxygens (including phenoxy) is 1. The number of carbonyl (C=O) groups excluding carboxylic acids is 1. The molecule has 1 saturated heterocycles. The van der Waals surface area contributed by atoms with E-state index >= 15 is 0 Å². The number of nitrogens with one attached hydrogen (secondary N) is 2. The number of aryl methyl sites for hydroxylation is 1. The van der Waals surface area contributed by atoms with E-state index in [1.54, 1.807) is 0 Å². The number of amides is 2. The predicted molar refractivity (Wildman–Crippen MR) is 110 cm³/mol. The van der Waals surface area contributed by atoms with Crippen molar-refractivity contribution >= 4 is 29.2 Å². The number of thioether (sulfide) groups is 1. The first kappa shape index (κ1) is 18.8. The summed E-state index contributed by atoms with van der Waals surface area (Å²) in [6.07, 6.45) is 3.20. The van der Waals surface area contributed by atoms with Crippen LogP contribution in [-0.2, 0) is 16.9 Å². The van der Waals surface area contributed by atoms with Gasteiger partial charge >= 0.3 is 6.03 Å². The molecule has 2 amide bonds. The maximum absolute atomic E-state index is 12.3. The summed E-state index contributed by atoms with van der Waals surface area (Å²) in [5.74, 6) is 0.959. The molecule has 0 aromatic heterocycles. The smallest absolute Gasteiger partial charge is 0.323 e. The van der Waals surface area contributed by atoms with Crippen LogP contribution in [0.2, 0.25) is 0 Å². The maximum Gasteiger partial charge on any atom is 0.323 e. The topological polar surface area (TPSA) is 50.4 Å². The van der Waals surface area contributed by atoms with Crippen molar-refractivity contribution in [2.45, 2.75) is 37.2 Å². The molecule has 1 heterocycles. The van der Waals surface area contributed by atoms with Crippen molar-refractivity contribution in [3.63, 3.8) is 0 Å². The van der Waals surface area contributed by atoms with Crippen LogP contribution in [0.15, 0.2) is 48.5 Å². The van der Waals surface area contributed by atoms with Gasteiger partial charge in [-0.15, -0.1) is 0 Å². The van der Waals surface area contributed by atoms with Crippen LogP contribution in [0.5, 0.6) is 0 Å². The standard InChI is InChI=1S/C21H26N2O2S/c1-2-16-5-3-7-18(13-16)22-21(24)23-19-8-4-6-17(14-19)15-26-20-9-11-25-12-10-20/h3-8,13-14,20H,2,9-12,15H2,1H3,(H2,22,23,24). The van der Waals surface area contributed by atoms with Crippen molar-refractivity contribution in [2.24, 2.45) is 0 Å². The number of anilines is 2. The van der Waals surface area contributed by atoms with E-state index in [4.69, 9.17) is 4.74 Å². The zero-order chi connectivity index (χ0) is 18.2. The summed E-state index contributed by atoms with van der Waals surface area (Å²) in [5, 5.41) is 6.50. The molecule has 5 heteroatoms. The molecular formula is C21H26N2O2S. The fourth-order valence-corrected chi connectivity index (χ4v) is 4.09. The number of hydrogen-bond acceptors (Lipinski definition) is 3. The minimum atomic E-state index is -0.215. The van der Waals surface area contributed by atoms with E-state index in [0.29, 0.717) is 5.25 Å². The van der Waals surface area contributed by atoms with Crippen LogP contribution >= 0.6 is 11.8 Å². The summed E-state index contributed by atoms with van der Waals surface area (Å²) < 4.78 is 5.41. The molecule has 0 unspecified atom stereocenters. The zero-order valence-corrected chi connectivity index (χ0v) is 16.0. The van der Waals surface area contributed by atoms with E-state index < -0.39 is 0 Å². The molecule has 4 nitrogen and oxygen atoms in total. The lowest BCUT2D eigenvalue weighted by Crippen LogP contribution is -2.19. The van der Waals surface area contributed by atoms with Crippen molar-refractivity contribution in [3.05, 3.63) is 59.7 Å². The van der Waals surface area contributed by atoms with Crippen LogP contribution in [0.25, 0.3) is 0 Å². The van der Waals surface area contributed by atoms with E-state index in [1.165, 1.54) is 11.1 Å². The van der Waals surface area contributed by atoms with Gasteiger partial charge in [0.05, 0.1) is 0 Å². The average Bonchev–Trinajstić information content (AvgIpc) is 2.67. The lowest BCUT2D eigenvalue weighted by atomic mass is 10.1. The van der Waals surface area contributed by atoms with Gasteiger partial charge in [-0.3, -0.25) is 0 Å². The SMILES string of the molecule is CCc1cccc(NC(=O)Nc2cccc(CSC3CCOCC3)c2)c1. The van der Waals surface area contributed by atoms with Gasteiger partial charge in [0, 0.05) is 35.6 Å². The summed E-state index contributed by atoms with van der Waals surface area (Å²) in [4.78, 5) is 12.3. The highest BCUT2D eigenvalue weighted by Crippen LogP contribution is 2.26. The molecule has 138 valence electrons. The third kappa shape index (κ3) is 5.78. The molecule has 2 aromatic rings. The van der Waals surface area contributed by atoms with Gasteiger partial charge in [0.25, 0.3) is 0 Å². The molecule has 0 radical (unpaired) electrons. The monoisotopic (exact) mass is 370 g/mol. The van der Waals surface area contributed by atoms with Gasteiger partial charge in [0.15, 0.2) is 0 Å². The number of urea groups is 1. The van der Waals surface area contributed by atoms with Crippen LogP contribution in [0.3, 0.4) is 0 Å². The van der Waals surface area contributed by atoms with E-state index in [9.17, 15) is 4.79 Å². The Hall–Kier alpha value is -1.98.